The molecule has 1 fully saturated rings. The molecule has 8 nitrogen and oxygen atoms in total. The average molecular weight is 686 g/mol. The summed E-state index contributed by atoms with van der Waals surface area (Å²) in [6.07, 6.45) is 4.43. The number of aliphatic hydroxyl groups is 2. The molecule has 4 aromatic rings. The minimum atomic E-state index is -1.23. The number of hydrogen-bond donors (Lipinski definition) is 2. The number of aromatic nitrogens is 2. The molecule has 1 amide bonds. The summed E-state index contributed by atoms with van der Waals surface area (Å²) in [7, 11) is 0. The first-order valence-electron chi connectivity index (χ1n) is 16.6. The molecule has 1 aliphatic carbocycles. The molecule has 0 radical (unpaired) electrons. The zero-order valence-electron chi connectivity index (χ0n) is 27.8. The highest BCUT2D eigenvalue weighted by Crippen LogP contribution is 2.42. The summed E-state index contributed by atoms with van der Waals surface area (Å²) < 4.78 is 51.6. The Morgan fingerprint density at radius 3 is 2.44 bits per heavy atom. The molecule has 0 saturated heterocycles. The molecule has 1 aliphatic heterocycles. The minimum Gasteiger partial charge on any atom is -0.445 e. The molecule has 3 heterocycles. The van der Waals surface area contributed by atoms with E-state index in [1.54, 1.807) is 31.5 Å². The molecule has 0 spiro atoms. The minimum absolute atomic E-state index is 0.127. The van der Waals surface area contributed by atoms with Gasteiger partial charge in [0.2, 0.25) is 0 Å². The van der Waals surface area contributed by atoms with E-state index in [1.165, 1.54) is 11.0 Å². The van der Waals surface area contributed by atoms with Gasteiger partial charge in [-0.1, -0.05) is 43.3 Å². The lowest BCUT2D eigenvalue weighted by Crippen LogP contribution is -2.49. The summed E-state index contributed by atoms with van der Waals surface area (Å²) in [5, 5.41) is 21.3. The fourth-order valence-electron chi connectivity index (χ4n) is 6.76. The number of benzene rings is 2. The zero-order valence-corrected chi connectivity index (χ0v) is 27.8. The van der Waals surface area contributed by atoms with Crippen molar-refractivity contribution in [2.75, 3.05) is 13.1 Å². The molecule has 0 bridgehead atoms. The standard InChI is InChI=1S/C39H38F3N3O5/c1-23-16-27(20-35(47)39(23,2)49)29-10-13-43-21-28(29)19-34(46)33-9-8-30(40)37(44-33)36-31(41)17-26(18-32(36)42)25-11-14-45(15-12-25)38(48)50-22-24-6-4-3-5-7-24/h3-11,13,17-18,21,23,27,35,47,49H,12,14-16,19-20,22H2,1-2H3/t23-,27+,35+,39+/m0/s1. The molecule has 1 saturated carbocycles. The maximum absolute atomic E-state index is 15.6. The number of nitrogens with zero attached hydrogens (tertiary/aromatic N) is 3. The van der Waals surface area contributed by atoms with Gasteiger partial charge in [-0.3, -0.25) is 9.78 Å². The summed E-state index contributed by atoms with van der Waals surface area (Å²) in [5.41, 5.74) is 0.387. The van der Waals surface area contributed by atoms with Crippen molar-refractivity contribution in [3.63, 3.8) is 0 Å². The highest BCUT2D eigenvalue weighted by atomic mass is 19.1. The molecule has 6 rings (SSSR count). The van der Waals surface area contributed by atoms with E-state index in [0.717, 1.165) is 29.3 Å². The van der Waals surface area contributed by atoms with Crippen LogP contribution in [0.4, 0.5) is 18.0 Å². The van der Waals surface area contributed by atoms with Crippen LogP contribution >= 0.6 is 0 Å². The van der Waals surface area contributed by atoms with Gasteiger partial charge in [0.1, 0.15) is 35.4 Å². The lowest BCUT2D eigenvalue weighted by Gasteiger charge is -2.43. The number of halogens is 3. The van der Waals surface area contributed by atoms with Crippen molar-refractivity contribution < 1.29 is 37.7 Å². The second-order valence-electron chi connectivity index (χ2n) is 13.3. The van der Waals surface area contributed by atoms with Gasteiger partial charge < -0.3 is 19.8 Å². The Labute approximate surface area is 288 Å². The van der Waals surface area contributed by atoms with Gasteiger partial charge in [0, 0.05) is 31.9 Å². The summed E-state index contributed by atoms with van der Waals surface area (Å²) in [5.74, 6) is -3.93. The molecular weight excluding hydrogens is 647 g/mol. The van der Waals surface area contributed by atoms with Crippen LogP contribution in [0.15, 0.2) is 79.1 Å². The number of pyridine rings is 2. The van der Waals surface area contributed by atoms with Crippen LogP contribution in [0.1, 0.15) is 71.8 Å². The third-order valence-corrected chi connectivity index (χ3v) is 10.0. The number of amides is 1. The fraction of sp³-hybridized carbons (Fsp3) is 0.333. The van der Waals surface area contributed by atoms with Crippen LogP contribution in [0, 0.1) is 23.4 Å². The van der Waals surface area contributed by atoms with Gasteiger partial charge in [-0.05, 0) is 96.2 Å². The number of rotatable bonds is 8. The number of ketones is 1. The van der Waals surface area contributed by atoms with E-state index in [-0.39, 0.29) is 49.2 Å². The number of carbonyl (C=O) groups is 2. The SMILES string of the molecule is C[C@H]1C[C@@H](c2ccncc2CC(=O)c2ccc(F)c(-c3c(F)cc(C4=CCN(C(=O)OCc5ccccc5)CC4)cc3F)n2)C[C@@H](O)[C@]1(C)O. The zero-order chi connectivity index (χ0) is 35.6. The van der Waals surface area contributed by atoms with E-state index >= 15 is 13.2 Å². The summed E-state index contributed by atoms with van der Waals surface area (Å²) in [6, 6.07) is 15.4. The number of carbonyl (C=O) groups excluding carboxylic acids is 2. The molecule has 2 aromatic heterocycles. The average Bonchev–Trinajstić information content (AvgIpc) is 3.10. The lowest BCUT2D eigenvalue weighted by molar-refractivity contribution is -0.123. The van der Waals surface area contributed by atoms with E-state index in [9.17, 15) is 19.8 Å². The van der Waals surface area contributed by atoms with Gasteiger partial charge in [-0.2, -0.15) is 0 Å². The Morgan fingerprint density at radius 1 is 1.02 bits per heavy atom. The molecule has 11 heteroatoms. The van der Waals surface area contributed by atoms with Gasteiger partial charge in [-0.25, -0.2) is 22.9 Å². The normalized spacial score (nSPS) is 22.2. The van der Waals surface area contributed by atoms with Gasteiger partial charge in [0.15, 0.2) is 5.78 Å². The van der Waals surface area contributed by atoms with Gasteiger partial charge in [-0.15, -0.1) is 0 Å². The first-order chi connectivity index (χ1) is 23.9. The maximum atomic E-state index is 15.6. The second kappa shape index (κ2) is 14.5. The van der Waals surface area contributed by atoms with Crippen LogP contribution in [0.5, 0.6) is 0 Å². The molecule has 2 aromatic carbocycles. The smallest absolute Gasteiger partial charge is 0.410 e. The fourth-order valence-corrected chi connectivity index (χ4v) is 6.76. The van der Waals surface area contributed by atoms with Crippen molar-refractivity contribution in [3.05, 3.63) is 125 Å². The van der Waals surface area contributed by atoms with E-state index in [1.807, 2.05) is 37.3 Å². The van der Waals surface area contributed by atoms with Gasteiger partial charge in [0.05, 0.1) is 17.3 Å². The first kappa shape index (κ1) is 35.0. The Balaban J connectivity index is 1.17. The monoisotopic (exact) mass is 685 g/mol. The van der Waals surface area contributed by atoms with E-state index in [0.29, 0.717) is 30.4 Å². The Hall–Kier alpha value is -4.87. The molecule has 4 atom stereocenters. The van der Waals surface area contributed by atoms with Crippen LogP contribution in [-0.2, 0) is 17.8 Å². The molecule has 2 aliphatic rings. The predicted octanol–water partition coefficient (Wildman–Crippen LogP) is 7.04. The topological polar surface area (TPSA) is 113 Å². The number of ether oxygens (including phenoxy) is 1. The lowest BCUT2D eigenvalue weighted by atomic mass is 9.68. The van der Waals surface area contributed by atoms with Crippen molar-refractivity contribution >= 4 is 17.4 Å². The number of hydrogen-bond acceptors (Lipinski definition) is 7. The van der Waals surface area contributed by atoms with Gasteiger partial charge in [0.25, 0.3) is 0 Å². The molecular formula is C39H38F3N3O5. The number of Topliss-reactive ketones (excluding diaryl/α,β-unsaturated/α-hetero) is 1. The van der Waals surface area contributed by atoms with Crippen LogP contribution in [-0.4, -0.2) is 61.8 Å². The molecule has 2 N–H and O–H groups in total. The van der Waals surface area contributed by atoms with Crippen LogP contribution < -0.4 is 0 Å². The third kappa shape index (κ3) is 7.34. The first-order valence-corrected chi connectivity index (χ1v) is 16.6. The Bertz CT molecular complexity index is 1900. The molecule has 260 valence electrons. The number of aliphatic hydroxyl groups excluding tert-OH is 1. The van der Waals surface area contributed by atoms with Crippen LogP contribution in [0.3, 0.4) is 0 Å². The van der Waals surface area contributed by atoms with Gasteiger partial charge >= 0.3 is 6.09 Å². The van der Waals surface area contributed by atoms with Crippen LogP contribution in [0.2, 0.25) is 0 Å². The summed E-state index contributed by atoms with van der Waals surface area (Å²) in [6.45, 7) is 4.07. The van der Waals surface area contributed by atoms with Crippen molar-refractivity contribution in [3.8, 4) is 11.3 Å². The Kier molecular flexibility index (Phi) is 10.2. The van der Waals surface area contributed by atoms with Crippen molar-refractivity contribution in [2.24, 2.45) is 5.92 Å². The maximum Gasteiger partial charge on any atom is 0.410 e. The molecule has 50 heavy (non-hydrogen) atoms. The highest BCUT2D eigenvalue weighted by molar-refractivity contribution is 5.96. The third-order valence-electron chi connectivity index (χ3n) is 10.0. The summed E-state index contributed by atoms with van der Waals surface area (Å²) in [4.78, 5) is 35.7. The Morgan fingerprint density at radius 2 is 1.76 bits per heavy atom. The highest BCUT2D eigenvalue weighted by Gasteiger charge is 2.43. The largest absolute Gasteiger partial charge is 0.445 e. The van der Waals surface area contributed by atoms with Crippen molar-refractivity contribution in [2.45, 2.75) is 63.8 Å². The van der Waals surface area contributed by atoms with E-state index in [4.69, 9.17) is 4.74 Å². The predicted molar refractivity (Wildman–Crippen MR) is 180 cm³/mol. The molecule has 0 unspecified atom stereocenters. The summed E-state index contributed by atoms with van der Waals surface area (Å²) >= 11 is 0. The van der Waals surface area contributed by atoms with E-state index < -0.39 is 52.3 Å². The van der Waals surface area contributed by atoms with E-state index in [2.05, 4.69) is 9.97 Å². The quantitative estimate of drug-likeness (QED) is 0.192. The van der Waals surface area contributed by atoms with Crippen molar-refractivity contribution in [1.82, 2.24) is 14.9 Å². The van der Waals surface area contributed by atoms with Crippen LogP contribution in [0.25, 0.3) is 16.8 Å². The second-order valence-corrected chi connectivity index (χ2v) is 13.3. The van der Waals surface area contributed by atoms with Crippen molar-refractivity contribution in [1.29, 1.82) is 0 Å².